The van der Waals surface area contributed by atoms with Crippen LogP contribution in [0.2, 0.25) is 5.02 Å². The van der Waals surface area contributed by atoms with E-state index in [4.69, 9.17) is 16.0 Å². The summed E-state index contributed by atoms with van der Waals surface area (Å²) in [6.45, 7) is 0. The second-order valence-corrected chi connectivity index (χ2v) is 9.17. The minimum Gasteiger partial charge on any atom is -0.455 e. The highest BCUT2D eigenvalue weighted by Crippen LogP contribution is 2.22. The van der Waals surface area contributed by atoms with Crippen molar-refractivity contribution in [2.24, 2.45) is 5.10 Å². The highest BCUT2D eigenvalue weighted by Gasteiger charge is 2.16. The number of furan rings is 1. The van der Waals surface area contributed by atoms with Crippen LogP contribution in [-0.4, -0.2) is 20.5 Å². The van der Waals surface area contributed by atoms with Crippen molar-refractivity contribution in [3.05, 3.63) is 107 Å². The van der Waals surface area contributed by atoms with Crippen LogP contribution in [0.15, 0.2) is 99.3 Å². The van der Waals surface area contributed by atoms with Crippen LogP contribution in [0.3, 0.4) is 0 Å². The molecule has 4 aromatic rings. The number of nitrogens with zero attached hydrogens (tertiary/aromatic N) is 1. The molecule has 1 amide bonds. The van der Waals surface area contributed by atoms with E-state index < -0.39 is 15.9 Å². The van der Waals surface area contributed by atoms with Gasteiger partial charge in [0, 0.05) is 21.8 Å². The molecule has 0 unspecified atom stereocenters. The number of halogens is 2. The van der Waals surface area contributed by atoms with Crippen LogP contribution in [0, 0.1) is 5.82 Å². The molecule has 3 aromatic carbocycles. The maximum Gasteiger partial charge on any atom is 0.271 e. The summed E-state index contributed by atoms with van der Waals surface area (Å²) in [5, 5.41) is 4.33. The van der Waals surface area contributed by atoms with Crippen LogP contribution in [-0.2, 0) is 10.0 Å². The number of amides is 1. The maximum absolute atomic E-state index is 13.1. The third kappa shape index (κ3) is 5.69. The van der Waals surface area contributed by atoms with E-state index in [1.807, 2.05) is 0 Å². The van der Waals surface area contributed by atoms with Crippen molar-refractivity contribution < 1.29 is 22.0 Å². The Bertz CT molecular complexity index is 1450. The van der Waals surface area contributed by atoms with Crippen LogP contribution in [0.25, 0.3) is 11.3 Å². The second kappa shape index (κ2) is 9.90. The Morgan fingerprint density at radius 2 is 1.71 bits per heavy atom. The van der Waals surface area contributed by atoms with E-state index in [9.17, 15) is 17.6 Å². The van der Waals surface area contributed by atoms with Gasteiger partial charge in [0.15, 0.2) is 0 Å². The standard InChI is InChI=1S/C24H17ClFN3O4S/c25-18-6-10-20(11-7-18)29-34(31,32)22-3-1-2-17(14-22)24(30)28-27-15-21-12-13-23(33-21)16-4-8-19(26)9-5-16/h1-15,29H,(H,28,30). The smallest absolute Gasteiger partial charge is 0.271 e. The molecular weight excluding hydrogens is 481 g/mol. The number of hydrogen-bond donors (Lipinski definition) is 2. The minimum atomic E-state index is -3.92. The maximum atomic E-state index is 13.1. The van der Waals surface area contributed by atoms with Gasteiger partial charge in [-0.1, -0.05) is 17.7 Å². The molecule has 1 heterocycles. The van der Waals surface area contributed by atoms with Gasteiger partial charge >= 0.3 is 0 Å². The van der Waals surface area contributed by atoms with Crippen LogP contribution >= 0.6 is 11.6 Å². The van der Waals surface area contributed by atoms with Gasteiger partial charge in [0.2, 0.25) is 0 Å². The number of anilines is 1. The molecule has 0 aliphatic carbocycles. The minimum absolute atomic E-state index is 0.0888. The summed E-state index contributed by atoms with van der Waals surface area (Å²) in [5.41, 5.74) is 3.45. The van der Waals surface area contributed by atoms with Gasteiger partial charge in [0.25, 0.3) is 15.9 Å². The zero-order valence-corrected chi connectivity index (χ0v) is 19.0. The Kier molecular flexibility index (Phi) is 6.76. The fraction of sp³-hybridized carbons (Fsp3) is 0. The molecule has 0 radical (unpaired) electrons. The average Bonchev–Trinajstić information content (AvgIpc) is 3.30. The van der Waals surface area contributed by atoms with Gasteiger partial charge in [-0.3, -0.25) is 9.52 Å². The second-order valence-electron chi connectivity index (χ2n) is 7.05. The summed E-state index contributed by atoms with van der Waals surface area (Å²) < 4.78 is 46.4. The first-order valence-corrected chi connectivity index (χ1v) is 11.7. The molecule has 2 N–H and O–H groups in total. The summed E-state index contributed by atoms with van der Waals surface area (Å²) in [6, 6.07) is 20.9. The van der Waals surface area contributed by atoms with E-state index in [-0.39, 0.29) is 16.3 Å². The first-order chi connectivity index (χ1) is 16.3. The lowest BCUT2D eigenvalue weighted by molar-refractivity contribution is 0.0955. The first-order valence-electron chi connectivity index (χ1n) is 9.88. The zero-order valence-electron chi connectivity index (χ0n) is 17.4. The summed E-state index contributed by atoms with van der Waals surface area (Å²) >= 11 is 5.82. The fourth-order valence-electron chi connectivity index (χ4n) is 2.95. The SMILES string of the molecule is O=C(NN=Cc1ccc(-c2ccc(F)cc2)o1)c1cccc(S(=O)(=O)Nc2ccc(Cl)cc2)c1. The van der Waals surface area contributed by atoms with Gasteiger partial charge in [0.1, 0.15) is 17.3 Å². The van der Waals surface area contributed by atoms with Gasteiger partial charge in [-0.25, -0.2) is 18.2 Å². The molecule has 172 valence electrons. The molecule has 0 atom stereocenters. The Morgan fingerprint density at radius 1 is 0.971 bits per heavy atom. The van der Waals surface area contributed by atoms with E-state index in [0.29, 0.717) is 27.8 Å². The molecule has 0 aliphatic heterocycles. The van der Waals surface area contributed by atoms with Gasteiger partial charge < -0.3 is 4.42 Å². The van der Waals surface area contributed by atoms with Crippen LogP contribution in [0.4, 0.5) is 10.1 Å². The molecule has 0 aliphatic rings. The van der Waals surface area contributed by atoms with E-state index in [2.05, 4.69) is 15.2 Å². The molecule has 0 bridgehead atoms. The molecule has 1 aromatic heterocycles. The molecule has 0 fully saturated rings. The van der Waals surface area contributed by atoms with Gasteiger partial charge in [-0.05, 0) is 78.9 Å². The molecular formula is C24H17ClFN3O4S. The van der Waals surface area contributed by atoms with E-state index in [1.54, 1.807) is 36.4 Å². The van der Waals surface area contributed by atoms with Crippen molar-refractivity contribution in [3.63, 3.8) is 0 Å². The highest BCUT2D eigenvalue weighted by molar-refractivity contribution is 7.92. The Labute approximate surface area is 199 Å². The van der Waals surface area contributed by atoms with Gasteiger partial charge in [-0.2, -0.15) is 5.10 Å². The summed E-state index contributed by atoms with van der Waals surface area (Å²) in [4.78, 5) is 12.4. The highest BCUT2D eigenvalue weighted by atomic mass is 35.5. The van der Waals surface area contributed by atoms with E-state index in [1.165, 1.54) is 54.7 Å². The van der Waals surface area contributed by atoms with Gasteiger partial charge in [-0.15, -0.1) is 0 Å². The third-order valence-electron chi connectivity index (χ3n) is 4.62. The largest absolute Gasteiger partial charge is 0.455 e. The van der Waals surface area contributed by atoms with Crippen LogP contribution < -0.4 is 10.1 Å². The van der Waals surface area contributed by atoms with Crippen molar-refractivity contribution in [3.8, 4) is 11.3 Å². The number of sulfonamides is 1. The zero-order chi connectivity index (χ0) is 24.1. The number of benzene rings is 3. The van der Waals surface area contributed by atoms with Crippen molar-refractivity contribution >= 4 is 39.4 Å². The number of carbonyl (C=O) groups is 1. The third-order valence-corrected chi connectivity index (χ3v) is 6.25. The number of rotatable bonds is 7. The van der Waals surface area contributed by atoms with Crippen LogP contribution in [0.1, 0.15) is 16.1 Å². The average molecular weight is 498 g/mol. The van der Waals surface area contributed by atoms with E-state index in [0.717, 1.165) is 0 Å². The number of hydrogen-bond acceptors (Lipinski definition) is 5. The molecule has 34 heavy (non-hydrogen) atoms. The quantitative estimate of drug-likeness (QED) is 0.267. The first kappa shape index (κ1) is 23.2. The predicted octanol–water partition coefficient (Wildman–Crippen LogP) is 5.30. The van der Waals surface area contributed by atoms with Crippen molar-refractivity contribution in [2.45, 2.75) is 4.90 Å². The van der Waals surface area contributed by atoms with Crippen LogP contribution in [0.5, 0.6) is 0 Å². The Balaban J connectivity index is 1.42. The summed E-state index contributed by atoms with van der Waals surface area (Å²) in [7, 11) is -3.92. The normalized spacial score (nSPS) is 11.5. The number of carbonyl (C=O) groups excluding carboxylic acids is 1. The lowest BCUT2D eigenvalue weighted by atomic mass is 10.2. The van der Waals surface area contributed by atoms with Crippen molar-refractivity contribution in [1.29, 1.82) is 0 Å². The van der Waals surface area contributed by atoms with E-state index >= 15 is 0 Å². The number of nitrogens with one attached hydrogen (secondary N) is 2. The molecule has 0 saturated carbocycles. The molecule has 7 nitrogen and oxygen atoms in total. The topological polar surface area (TPSA) is 101 Å². The van der Waals surface area contributed by atoms with Gasteiger partial charge in [0.05, 0.1) is 11.1 Å². The fourth-order valence-corrected chi connectivity index (χ4v) is 4.18. The monoisotopic (exact) mass is 497 g/mol. The molecule has 0 saturated heterocycles. The Hall–Kier alpha value is -3.95. The summed E-state index contributed by atoms with van der Waals surface area (Å²) in [5.74, 6) is -0.0791. The molecule has 10 heteroatoms. The predicted molar refractivity (Wildman–Crippen MR) is 128 cm³/mol. The van der Waals surface area contributed by atoms with Crippen molar-refractivity contribution in [1.82, 2.24) is 5.43 Å². The summed E-state index contributed by atoms with van der Waals surface area (Å²) in [6.07, 6.45) is 1.30. The van der Waals surface area contributed by atoms with Crippen molar-refractivity contribution in [2.75, 3.05) is 4.72 Å². The molecule has 0 spiro atoms. The number of hydrazone groups is 1. The lowest BCUT2D eigenvalue weighted by Gasteiger charge is -2.09. The Morgan fingerprint density at radius 3 is 2.44 bits per heavy atom. The lowest BCUT2D eigenvalue weighted by Crippen LogP contribution is -2.19. The molecule has 4 rings (SSSR count).